The standard InChI is InChI=1S/C5H10O3.2C4H6O2/c1-5(2,3-6)4(7)8;2*1-3(2)4(5)6/h6H,3H2,1-2H3,(H,7,8);2*1H2,2H3,(H,5,6). The Morgan fingerprint density at radius 3 is 1.10 bits per heavy atom. The van der Waals surface area contributed by atoms with E-state index in [9.17, 15) is 14.4 Å². The predicted octanol–water partition coefficient (Wildman–Crippen LogP) is 1.38. The molecule has 0 aliphatic carbocycles. The second-order valence-corrected chi connectivity index (χ2v) is 4.52. The predicted molar refractivity (Wildman–Crippen MR) is 73.4 cm³/mol. The molecule has 7 nitrogen and oxygen atoms in total. The Bertz CT molecular complexity index is 332. The van der Waals surface area contributed by atoms with Crippen LogP contribution in [0, 0.1) is 5.41 Å². The minimum Gasteiger partial charge on any atom is -0.481 e. The number of hydrogen-bond acceptors (Lipinski definition) is 4. The van der Waals surface area contributed by atoms with Crippen molar-refractivity contribution in [1.82, 2.24) is 0 Å². The fourth-order valence-corrected chi connectivity index (χ4v) is 0.0676. The highest BCUT2D eigenvalue weighted by atomic mass is 16.4. The Hall–Kier alpha value is -2.15. The summed E-state index contributed by atoms with van der Waals surface area (Å²) in [4.78, 5) is 29.3. The molecular weight excluding hydrogens is 268 g/mol. The average molecular weight is 290 g/mol. The maximum absolute atomic E-state index is 10.1. The van der Waals surface area contributed by atoms with Crippen molar-refractivity contribution < 1.29 is 34.8 Å². The van der Waals surface area contributed by atoms with E-state index < -0.39 is 23.3 Å². The van der Waals surface area contributed by atoms with E-state index in [-0.39, 0.29) is 17.8 Å². The van der Waals surface area contributed by atoms with Crippen LogP contribution in [0.4, 0.5) is 0 Å². The number of hydrogen-bond donors (Lipinski definition) is 4. The molecule has 0 atom stereocenters. The van der Waals surface area contributed by atoms with Crippen LogP contribution in [0.3, 0.4) is 0 Å². The van der Waals surface area contributed by atoms with Gasteiger partial charge in [-0.25, -0.2) is 9.59 Å². The number of rotatable bonds is 4. The van der Waals surface area contributed by atoms with Gasteiger partial charge in [0.15, 0.2) is 0 Å². The molecule has 0 aliphatic rings. The summed E-state index contributed by atoms with van der Waals surface area (Å²) in [5, 5.41) is 32.4. The van der Waals surface area contributed by atoms with Gasteiger partial charge in [0.1, 0.15) is 0 Å². The van der Waals surface area contributed by atoms with Crippen LogP contribution in [-0.2, 0) is 14.4 Å². The second-order valence-electron chi connectivity index (χ2n) is 4.52. The van der Waals surface area contributed by atoms with Crippen molar-refractivity contribution >= 4 is 17.9 Å². The molecule has 0 saturated carbocycles. The van der Waals surface area contributed by atoms with Gasteiger partial charge in [0.2, 0.25) is 0 Å². The smallest absolute Gasteiger partial charge is 0.330 e. The van der Waals surface area contributed by atoms with Gasteiger partial charge >= 0.3 is 17.9 Å². The van der Waals surface area contributed by atoms with Crippen LogP contribution in [0.5, 0.6) is 0 Å². The van der Waals surface area contributed by atoms with Crippen LogP contribution in [0.15, 0.2) is 24.3 Å². The van der Waals surface area contributed by atoms with E-state index in [1.165, 1.54) is 27.7 Å². The molecule has 0 heterocycles. The largest absolute Gasteiger partial charge is 0.481 e. The maximum Gasteiger partial charge on any atom is 0.330 e. The Kier molecular flexibility index (Phi) is 12.3. The molecule has 116 valence electrons. The normalized spacial score (nSPS) is 9.05. The van der Waals surface area contributed by atoms with Crippen LogP contribution >= 0.6 is 0 Å². The fourth-order valence-electron chi connectivity index (χ4n) is 0.0676. The lowest BCUT2D eigenvalue weighted by molar-refractivity contribution is -0.149. The van der Waals surface area contributed by atoms with E-state index in [1.54, 1.807) is 0 Å². The highest BCUT2D eigenvalue weighted by molar-refractivity contribution is 5.85. The van der Waals surface area contributed by atoms with Crippen LogP contribution in [0.2, 0.25) is 0 Å². The molecule has 0 spiro atoms. The molecule has 0 unspecified atom stereocenters. The Labute approximate surface area is 117 Å². The van der Waals surface area contributed by atoms with E-state index in [2.05, 4.69) is 13.2 Å². The van der Waals surface area contributed by atoms with Crippen molar-refractivity contribution in [3.8, 4) is 0 Å². The summed E-state index contributed by atoms with van der Waals surface area (Å²) < 4.78 is 0. The minimum atomic E-state index is -0.986. The third-order valence-corrected chi connectivity index (χ3v) is 1.70. The third-order valence-electron chi connectivity index (χ3n) is 1.70. The molecule has 0 fully saturated rings. The van der Waals surface area contributed by atoms with Gasteiger partial charge in [-0.15, -0.1) is 0 Å². The van der Waals surface area contributed by atoms with Gasteiger partial charge in [-0.2, -0.15) is 0 Å². The molecule has 0 rings (SSSR count). The van der Waals surface area contributed by atoms with Gasteiger partial charge in [0, 0.05) is 11.1 Å². The molecular formula is C13H22O7. The van der Waals surface area contributed by atoms with E-state index >= 15 is 0 Å². The van der Waals surface area contributed by atoms with Gasteiger partial charge in [0.05, 0.1) is 12.0 Å². The topological polar surface area (TPSA) is 132 Å². The summed E-state index contributed by atoms with van der Waals surface area (Å²) in [7, 11) is 0. The monoisotopic (exact) mass is 290 g/mol. The Morgan fingerprint density at radius 2 is 1.10 bits per heavy atom. The molecule has 4 N–H and O–H groups in total. The number of carboxylic acids is 3. The number of aliphatic carboxylic acids is 3. The second kappa shape index (κ2) is 10.7. The van der Waals surface area contributed by atoms with Crippen molar-refractivity contribution in [2.24, 2.45) is 5.41 Å². The van der Waals surface area contributed by atoms with Gasteiger partial charge in [-0.05, 0) is 27.7 Å². The summed E-state index contributed by atoms with van der Waals surface area (Å²) in [5.41, 5.74) is -0.634. The fraction of sp³-hybridized carbons (Fsp3) is 0.462. The molecule has 20 heavy (non-hydrogen) atoms. The van der Waals surface area contributed by atoms with Crippen LogP contribution in [0.25, 0.3) is 0 Å². The van der Waals surface area contributed by atoms with Crippen molar-refractivity contribution in [1.29, 1.82) is 0 Å². The lowest BCUT2D eigenvalue weighted by Gasteiger charge is -2.13. The minimum absolute atomic E-state index is 0.176. The number of carbonyl (C=O) groups is 3. The molecule has 0 amide bonds. The lowest BCUT2D eigenvalue weighted by Crippen LogP contribution is -2.27. The number of carboxylic acid groups (broad SMARTS) is 3. The van der Waals surface area contributed by atoms with Gasteiger partial charge in [0.25, 0.3) is 0 Å². The zero-order chi connectivity index (χ0) is 17.1. The summed E-state index contributed by atoms with van der Waals surface area (Å²) in [6.45, 7) is 11.8. The summed E-state index contributed by atoms with van der Waals surface area (Å²) in [6.07, 6.45) is 0. The molecule has 0 aliphatic heterocycles. The Morgan fingerprint density at radius 1 is 0.900 bits per heavy atom. The van der Waals surface area contributed by atoms with E-state index in [1.807, 2.05) is 0 Å². The zero-order valence-electron chi connectivity index (χ0n) is 12.1. The van der Waals surface area contributed by atoms with Crippen LogP contribution < -0.4 is 0 Å². The summed E-state index contributed by atoms with van der Waals surface area (Å²) in [5.74, 6) is -2.84. The maximum atomic E-state index is 10.1. The molecule has 0 radical (unpaired) electrons. The van der Waals surface area contributed by atoms with Crippen LogP contribution in [-0.4, -0.2) is 44.9 Å². The van der Waals surface area contributed by atoms with Gasteiger partial charge in [-0.1, -0.05) is 13.2 Å². The lowest BCUT2D eigenvalue weighted by atomic mass is 9.96. The van der Waals surface area contributed by atoms with Gasteiger partial charge < -0.3 is 20.4 Å². The SMILES string of the molecule is C=C(C)C(=O)O.C=C(C)C(=O)O.CC(C)(CO)C(=O)O. The summed E-state index contributed by atoms with van der Waals surface area (Å²) >= 11 is 0. The van der Waals surface area contributed by atoms with Crippen molar-refractivity contribution in [3.05, 3.63) is 24.3 Å². The van der Waals surface area contributed by atoms with Gasteiger partial charge in [-0.3, -0.25) is 4.79 Å². The van der Waals surface area contributed by atoms with E-state index in [4.69, 9.17) is 20.4 Å². The average Bonchev–Trinajstić information content (AvgIpc) is 2.30. The molecule has 0 aromatic rings. The molecule has 0 saturated heterocycles. The van der Waals surface area contributed by atoms with Crippen molar-refractivity contribution in [2.45, 2.75) is 27.7 Å². The number of aliphatic hydroxyl groups is 1. The molecule has 0 aromatic carbocycles. The molecule has 7 heteroatoms. The highest BCUT2D eigenvalue weighted by Gasteiger charge is 2.25. The highest BCUT2D eigenvalue weighted by Crippen LogP contribution is 2.12. The van der Waals surface area contributed by atoms with Crippen LogP contribution in [0.1, 0.15) is 27.7 Å². The third kappa shape index (κ3) is 15.9. The van der Waals surface area contributed by atoms with E-state index in [0.29, 0.717) is 0 Å². The molecule has 0 bridgehead atoms. The quantitative estimate of drug-likeness (QED) is 0.575. The first kappa shape index (κ1) is 23.0. The van der Waals surface area contributed by atoms with E-state index in [0.717, 1.165) is 0 Å². The Balaban J connectivity index is -0.000000221. The first-order valence-electron chi connectivity index (χ1n) is 5.41. The number of aliphatic hydroxyl groups excluding tert-OH is 1. The first-order valence-corrected chi connectivity index (χ1v) is 5.41. The first-order chi connectivity index (χ1) is 8.79. The zero-order valence-corrected chi connectivity index (χ0v) is 12.1. The van der Waals surface area contributed by atoms with Crippen molar-refractivity contribution in [3.63, 3.8) is 0 Å². The summed E-state index contributed by atoms with van der Waals surface area (Å²) in [6, 6.07) is 0. The molecule has 0 aromatic heterocycles. The van der Waals surface area contributed by atoms with Crippen molar-refractivity contribution in [2.75, 3.05) is 6.61 Å².